The Kier molecular flexibility index (Phi) is 3.06. The quantitative estimate of drug-likeness (QED) is 0.795. The van der Waals surface area contributed by atoms with Crippen molar-refractivity contribution < 1.29 is 14.3 Å². The number of nitrogens with zero attached hydrogens (tertiary/aromatic N) is 3. The van der Waals surface area contributed by atoms with E-state index in [4.69, 9.17) is 9.52 Å². The van der Waals surface area contributed by atoms with Crippen molar-refractivity contribution in [2.24, 2.45) is 0 Å². The van der Waals surface area contributed by atoms with Crippen molar-refractivity contribution in [3.05, 3.63) is 40.3 Å². The first-order valence-electron chi connectivity index (χ1n) is 5.87. The number of fused-ring (bicyclic) bond motifs is 1. The SMILES string of the molecule is Cc1ccc(-c2ccc3nc(CC(=O)O)c(Br)n3n2)o1. The van der Waals surface area contributed by atoms with Gasteiger partial charge in [0.15, 0.2) is 11.4 Å². The molecule has 0 aromatic carbocycles. The highest BCUT2D eigenvalue weighted by Crippen LogP contribution is 2.23. The minimum atomic E-state index is -0.934. The molecule has 3 rings (SSSR count). The van der Waals surface area contributed by atoms with Gasteiger partial charge in [0.1, 0.15) is 16.1 Å². The van der Waals surface area contributed by atoms with E-state index in [1.807, 2.05) is 19.1 Å². The number of halogens is 1. The average molecular weight is 336 g/mol. The van der Waals surface area contributed by atoms with Gasteiger partial charge in [-0.25, -0.2) is 9.50 Å². The molecule has 20 heavy (non-hydrogen) atoms. The summed E-state index contributed by atoms with van der Waals surface area (Å²) in [6.07, 6.45) is -0.154. The zero-order valence-corrected chi connectivity index (χ0v) is 12.1. The van der Waals surface area contributed by atoms with Gasteiger partial charge in [-0.3, -0.25) is 4.79 Å². The predicted molar refractivity (Wildman–Crippen MR) is 74.5 cm³/mol. The number of hydrogen-bond acceptors (Lipinski definition) is 4. The summed E-state index contributed by atoms with van der Waals surface area (Å²) in [6.45, 7) is 1.86. The molecule has 0 saturated heterocycles. The van der Waals surface area contributed by atoms with Gasteiger partial charge in [-0.2, -0.15) is 5.10 Å². The number of carboxylic acid groups (broad SMARTS) is 1. The molecule has 3 aromatic rings. The van der Waals surface area contributed by atoms with Gasteiger partial charge in [-0.1, -0.05) is 0 Å². The third kappa shape index (κ3) is 2.20. The van der Waals surface area contributed by atoms with Crippen molar-refractivity contribution in [1.29, 1.82) is 0 Å². The van der Waals surface area contributed by atoms with Crippen LogP contribution in [-0.2, 0) is 11.2 Å². The summed E-state index contributed by atoms with van der Waals surface area (Å²) >= 11 is 3.34. The van der Waals surface area contributed by atoms with E-state index in [0.29, 0.717) is 27.4 Å². The van der Waals surface area contributed by atoms with E-state index in [2.05, 4.69) is 26.0 Å². The summed E-state index contributed by atoms with van der Waals surface area (Å²) in [4.78, 5) is 15.0. The van der Waals surface area contributed by atoms with Crippen LogP contribution in [0.1, 0.15) is 11.5 Å². The number of aromatic nitrogens is 3. The molecule has 0 aliphatic rings. The standard InChI is InChI=1S/C13H10BrN3O3/c1-7-2-4-10(20-7)8-3-5-11-15-9(6-12(18)19)13(14)17(11)16-8/h2-5H,6H2,1H3,(H,18,19). The van der Waals surface area contributed by atoms with Crippen molar-refractivity contribution in [2.45, 2.75) is 13.3 Å². The molecule has 3 aromatic heterocycles. The van der Waals surface area contributed by atoms with Gasteiger partial charge in [-0.05, 0) is 47.1 Å². The largest absolute Gasteiger partial charge is 0.481 e. The van der Waals surface area contributed by atoms with Crippen LogP contribution in [0.2, 0.25) is 0 Å². The maximum Gasteiger partial charge on any atom is 0.309 e. The van der Waals surface area contributed by atoms with Crippen LogP contribution in [0.5, 0.6) is 0 Å². The molecular formula is C13H10BrN3O3. The highest BCUT2D eigenvalue weighted by molar-refractivity contribution is 9.10. The number of carbonyl (C=O) groups is 1. The van der Waals surface area contributed by atoms with E-state index in [-0.39, 0.29) is 6.42 Å². The monoisotopic (exact) mass is 335 g/mol. The first kappa shape index (κ1) is 12.9. The maximum absolute atomic E-state index is 10.8. The third-order valence-electron chi connectivity index (χ3n) is 2.80. The van der Waals surface area contributed by atoms with E-state index in [1.165, 1.54) is 0 Å². The van der Waals surface area contributed by atoms with Crippen LogP contribution in [0.3, 0.4) is 0 Å². The van der Waals surface area contributed by atoms with Crippen molar-refractivity contribution >= 4 is 27.5 Å². The number of rotatable bonds is 3. The van der Waals surface area contributed by atoms with Crippen molar-refractivity contribution in [3.8, 4) is 11.5 Å². The fourth-order valence-electron chi connectivity index (χ4n) is 1.91. The Labute approximate surface area is 122 Å². The van der Waals surface area contributed by atoms with Crippen LogP contribution >= 0.6 is 15.9 Å². The second-order valence-electron chi connectivity index (χ2n) is 4.32. The zero-order chi connectivity index (χ0) is 14.3. The highest BCUT2D eigenvalue weighted by atomic mass is 79.9. The molecule has 0 radical (unpaired) electrons. The lowest BCUT2D eigenvalue weighted by molar-refractivity contribution is -0.136. The third-order valence-corrected chi connectivity index (χ3v) is 3.59. The lowest BCUT2D eigenvalue weighted by atomic mass is 10.3. The summed E-state index contributed by atoms with van der Waals surface area (Å²) < 4.78 is 7.63. The molecule has 0 bridgehead atoms. The van der Waals surface area contributed by atoms with Gasteiger partial charge < -0.3 is 9.52 Å². The molecule has 1 N–H and O–H groups in total. The Morgan fingerprint density at radius 2 is 2.20 bits per heavy atom. The van der Waals surface area contributed by atoms with E-state index < -0.39 is 5.97 Å². The summed E-state index contributed by atoms with van der Waals surface area (Å²) in [5.74, 6) is 0.527. The van der Waals surface area contributed by atoms with Crippen LogP contribution in [0.25, 0.3) is 17.1 Å². The highest BCUT2D eigenvalue weighted by Gasteiger charge is 2.15. The predicted octanol–water partition coefficient (Wildman–Crippen LogP) is 2.69. The van der Waals surface area contributed by atoms with E-state index in [1.54, 1.807) is 16.6 Å². The molecule has 0 saturated carbocycles. The summed E-state index contributed by atoms with van der Waals surface area (Å²) in [5, 5.41) is 13.3. The second-order valence-corrected chi connectivity index (χ2v) is 5.07. The first-order chi connectivity index (χ1) is 9.54. The minimum absolute atomic E-state index is 0.154. The Hall–Kier alpha value is -2.15. The van der Waals surface area contributed by atoms with Gasteiger partial charge in [0.2, 0.25) is 0 Å². The number of furan rings is 1. The van der Waals surface area contributed by atoms with E-state index in [0.717, 1.165) is 5.76 Å². The minimum Gasteiger partial charge on any atom is -0.481 e. The normalized spacial score (nSPS) is 11.1. The maximum atomic E-state index is 10.8. The smallest absolute Gasteiger partial charge is 0.309 e. The Balaban J connectivity index is 2.11. The number of imidazole rings is 1. The fourth-order valence-corrected chi connectivity index (χ4v) is 2.40. The Morgan fingerprint density at radius 1 is 1.40 bits per heavy atom. The van der Waals surface area contributed by atoms with Gasteiger partial charge in [0.25, 0.3) is 0 Å². The van der Waals surface area contributed by atoms with Crippen LogP contribution in [0.4, 0.5) is 0 Å². The molecule has 102 valence electrons. The topological polar surface area (TPSA) is 80.6 Å². The molecule has 7 heteroatoms. The molecular weight excluding hydrogens is 326 g/mol. The number of aryl methyl sites for hydroxylation is 1. The molecule has 6 nitrogen and oxygen atoms in total. The lowest BCUT2D eigenvalue weighted by Crippen LogP contribution is -2.01. The fraction of sp³-hybridized carbons (Fsp3) is 0.154. The molecule has 3 heterocycles. The number of aliphatic carboxylic acids is 1. The summed E-state index contributed by atoms with van der Waals surface area (Å²) in [5.41, 5.74) is 1.68. The van der Waals surface area contributed by atoms with Crippen LogP contribution in [0, 0.1) is 6.92 Å². The van der Waals surface area contributed by atoms with E-state index in [9.17, 15) is 4.79 Å². The van der Waals surface area contributed by atoms with Crippen molar-refractivity contribution in [1.82, 2.24) is 14.6 Å². The van der Waals surface area contributed by atoms with Crippen LogP contribution in [-0.4, -0.2) is 25.7 Å². The molecule has 0 atom stereocenters. The van der Waals surface area contributed by atoms with Gasteiger partial charge in [0.05, 0.1) is 12.1 Å². The molecule has 0 unspecified atom stereocenters. The zero-order valence-electron chi connectivity index (χ0n) is 10.5. The number of carboxylic acids is 1. The Bertz CT molecular complexity index is 806. The van der Waals surface area contributed by atoms with Gasteiger partial charge in [-0.15, -0.1) is 0 Å². The first-order valence-corrected chi connectivity index (χ1v) is 6.66. The number of hydrogen-bond donors (Lipinski definition) is 1. The van der Waals surface area contributed by atoms with Crippen molar-refractivity contribution in [3.63, 3.8) is 0 Å². The van der Waals surface area contributed by atoms with Gasteiger partial charge >= 0.3 is 5.97 Å². The van der Waals surface area contributed by atoms with Gasteiger partial charge in [0, 0.05) is 0 Å². The van der Waals surface area contributed by atoms with Crippen LogP contribution in [0.15, 0.2) is 33.3 Å². The molecule has 0 aliphatic heterocycles. The van der Waals surface area contributed by atoms with E-state index >= 15 is 0 Å². The molecule has 0 fully saturated rings. The summed E-state index contributed by atoms with van der Waals surface area (Å²) in [7, 11) is 0. The Morgan fingerprint density at radius 3 is 2.85 bits per heavy atom. The van der Waals surface area contributed by atoms with Crippen LogP contribution < -0.4 is 0 Å². The van der Waals surface area contributed by atoms with Crippen molar-refractivity contribution in [2.75, 3.05) is 0 Å². The molecule has 0 spiro atoms. The molecule has 0 aliphatic carbocycles. The second kappa shape index (κ2) is 4.75. The average Bonchev–Trinajstić information content (AvgIpc) is 2.95. The molecule has 0 amide bonds. The summed E-state index contributed by atoms with van der Waals surface area (Å²) in [6, 6.07) is 7.26. The lowest BCUT2D eigenvalue weighted by Gasteiger charge is -1.98.